The molecule has 18 heavy (non-hydrogen) atoms. The summed E-state index contributed by atoms with van der Waals surface area (Å²) in [6.07, 6.45) is 0.899. The smallest absolute Gasteiger partial charge is 0.410 e. The maximum Gasteiger partial charge on any atom is 0.410 e. The third-order valence-corrected chi connectivity index (χ3v) is 2.75. The maximum absolute atomic E-state index is 11.9. The molecule has 0 saturated heterocycles. The highest BCUT2D eigenvalue weighted by atomic mass is 16.6. The van der Waals surface area contributed by atoms with Crippen LogP contribution in [0.5, 0.6) is 0 Å². The summed E-state index contributed by atoms with van der Waals surface area (Å²) in [4.78, 5) is 26.6. The van der Waals surface area contributed by atoms with Crippen LogP contribution in [-0.2, 0) is 9.53 Å². The fourth-order valence-corrected chi connectivity index (χ4v) is 1.29. The van der Waals surface area contributed by atoms with Gasteiger partial charge in [-0.05, 0) is 48.2 Å². The Morgan fingerprint density at radius 3 is 2.00 bits per heavy atom. The van der Waals surface area contributed by atoms with Crippen LogP contribution >= 0.6 is 0 Å². The van der Waals surface area contributed by atoms with Gasteiger partial charge in [0.1, 0.15) is 11.9 Å². The number of aldehydes is 1. The number of carbonyl (C=O) groups excluding carboxylic acids is 2. The van der Waals surface area contributed by atoms with Gasteiger partial charge in [-0.1, -0.05) is 0 Å². The van der Waals surface area contributed by atoms with Gasteiger partial charge in [0.2, 0.25) is 0 Å². The molecule has 0 aliphatic heterocycles. The van der Waals surface area contributed by atoms with E-state index in [4.69, 9.17) is 4.74 Å². The monoisotopic (exact) mass is 258 g/mol. The normalized spacial score (nSPS) is 15.1. The third-order valence-electron chi connectivity index (χ3n) is 2.75. The minimum absolute atomic E-state index is 0.476. The molecular weight excluding hydrogens is 232 g/mol. The molecule has 0 aromatic carbocycles. The lowest BCUT2D eigenvalue weighted by atomic mass is 9.98. The molecule has 0 aliphatic rings. The molecule has 5 heteroatoms. The molecule has 0 radical (unpaired) electrons. The van der Waals surface area contributed by atoms with Crippen LogP contribution in [-0.4, -0.2) is 61.0 Å². The van der Waals surface area contributed by atoms with Gasteiger partial charge < -0.3 is 14.4 Å². The van der Waals surface area contributed by atoms with E-state index in [0.717, 1.165) is 12.8 Å². The molecule has 0 N–H and O–H groups in total. The van der Waals surface area contributed by atoms with Gasteiger partial charge in [-0.25, -0.2) is 4.79 Å². The molecule has 0 rings (SSSR count). The summed E-state index contributed by atoms with van der Waals surface area (Å²) in [5, 5.41) is 0. The second-order valence-corrected chi connectivity index (χ2v) is 6.07. The number of hydrogen-bond acceptors (Lipinski definition) is 4. The van der Waals surface area contributed by atoms with Crippen LogP contribution in [0.3, 0.4) is 0 Å². The zero-order chi connectivity index (χ0) is 14.6. The molecule has 1 atom stereocenters. The van der Waals surface area contributed by atoms with Crippen molar-refractivity contribution < 1.29 is 14.3 Å². The maximum atomic E-state index is 11.9. The Kier molecular flexibility index (Phi) is 5.80. The van der Waals surface area contributed by atoms with Crippen LogP contribution in [0.1, 0.15) is 34.1 Å². The van der Waals surface area contributed by atoms with E-state index in [0.29, 0.717) is 6.42 Å². The van der Waals surface area contributed by atoms with Crippen molar-refractivity contribution in [2.24, 2.45) is 0 Å². The second kappa shape index (κ2) is 6.18. The van der Waals surface area contributed by atoms with Gasteiger partial charge >= 0.3 is 6.09 Å². The molecule has 0 fully saturated rings. The minimum Gasteiger partial charge on any atom is -0.444 e. The number of amides is 1. The molecular formula is C13H26N2O3. The number of nitrogens with zero attached hydrogens (tertiary/aromatic N) is 2. The lowest BCUT2D eigenvalue weighted by molar-refractivity contribution is -0.117. The van der Waals surface area contributed by atoms with E-state index < -0.39 is 17.2 Å². The SMILES string of the molecule is CN(C)CCC(C)(C=O)N(C)C(=O)OC(C)(C)C. The van der Waals surface area contributed by atoms with E-state index >= 15 is 0 Å². The van der Waals surface area contributed by atoms with Crippen molar-refractivity contribution in [3.63, 3.8) is 0 Å². The summed E-state index contributed by atoms with van der Waals surface area (Å²) in [6.45, 7) is 7.88. The highest BCUT2D eigenvalue weighted by Crippen LogP contribution is 2.19. The van der Waals surface area contributed by atoms with Crippen molar-refractivity contribution >= 4 is 12.4 Å². The average Bonchev–Trinajstić information content (AvgIpc) is 2.22. The Hall–Kier alpha value is -1.10. The number of carbonyl (C=O) groups is 2. The fraction of sp³-hybridized carbons (Fsp3) is 0.846. The largest absolute Gasteiger partial charge is 0.444 e. The molecule has 0 aromatic heterocycles. The third kappa shape index (κ3) is 5.49. The zero-order valence-corrected chi connectivity index (χ0v) is 12.6. The average molecular weight is 258 g/mol. The Bertz CT molecular complexity index is 297. The topological polar surface area (TPSA) is 49.9 Å². The van der Waals surface area contributed by atoms with E-state index in [-0.39, 0.29) is 0 Å². The Morgan fingerprint density at radius 2 is 1.67 bits per heavy atom. The van der Waals surface area contributed by atoms with Crippen LogP contribution in [0.2, 0.25) is 0 Å². The fourth-order valence-electron chi connectivity index (χ4n) is 1.29. The second-order valence-electron chi connectivity index (χ2n) is 6.07. The Morgan fingerprint density at radius 1 is 1.17 bits per heavy atom. The predicted octanol–water partition coefficient (Wildman–Crippen LogP) is 1.76. The number of likely N-dealkylation sites (N-methyl/N-ethyl adjacent to an activating group) is 1. The minimum atomic E-state index is -0.841. The molecule has 0 aromatic rings. The summed E-state index contributed by atoms with van der Waals surface area (Å²) in [5.41, 5.74) is -1.40. The van der Waals surface area contributed by atoms with Crippen molar-refractivity contribution in [3.8, 4) is 0 Å². The standard InChI is InChI=1S/C13H26N2O3/c1-12(2,3)18-11(17)15(7)13(4,10-16)8-9-14(5)6/h10H,8-9H2,1-7H3. The van der Waals surface area contributed by atoms with E-state index in [1.165, 1.54) is 4.90 Å². The number of rotatable bonds is 5. The van der Waals surface area contributed by atoms with E-state index in [9.17, 15) is 9.59 Å². The molecule has 5 nitrogen and oxygen atoms in total. The summed E-state index contributed by atoms with van der Waals surface area (Å²) >= 11 is 0. The van der Waals surface area contributed by atoms with Crippen molar-refractivity contribution in [1.29, 1.82) is 0 Å². The summed E-state index contributed by atoms with van der Waals surface area (Å²) in [5.74, 6) is 0. The van der Waals surface area contributed by atoms with Crippen molar-refractivity contribution in [1.82, 2.24) is 9.80 Å². The first-order valence-corrected chi connectivity index (χ1v) is 6.10. The van der Waals surface area contributed by atoms with Gasteiger partial charge in [0, 0.05) is 13.6 Å². The van der Waals surface area contributed by atoms with Crippen molar-refractivity contribution in [3.05, 3.63) is 0 Å². The zero-order valence-electron chi connectivity index (χ0n) is 12.6. The number of ether oxygens (including phenoxy) is 1. The first-order valence-electron chi connectivity index (χ1n) is 6.10. The van der Waals surface area contributed by atoms with Gasteiger partial charge in [0.15, 0.2) is 0 Å². The molecule has 106 valence electrons. The van der Waals surface area contributed by atoms with E-state index in [2.05, 4.69) is 0 Å². The molecule has 0 aliphatic carbocycles. The van der Waals surface area contributed by atoms with Crippen LogP contribution in [0.15, 0.2) is 0 Å². The Balaban J connectivity index is 4.73. The quantitative estimate of drug-likeness (QED) is 0.705. The lowest BCUT2D eigenvalue weighted by Crippen LogP contribution is -2.51. The van der Waals surface area contributed by atoms with Crippen LogP contribution in [0, 0.1) is 0 Å². The summed E-state index contributed by atoms with van der Waals surface area (Å²) in [7, 11) is 5.45. The molecule has 0 spiro atoms. The molecule has 1 amide bonds. The highest BCUT2D eigenvalue weighted by molar-refractivity contribution is 5.76. The van der Waals surface area contributed by atoms with Crippen LogP contribution in [0.4, 0.5) is 4.79 Å². The molecule has 1 unspecified atom stereocenters. The predicted molar refractivity (Wildman–Crippen MR) is 71.6 cm³/mol. The van der Waals surface area contributed by atoms with Crippen LogP contribution in [0.25, 0.3) is 0 Å². The van der Waals surface area contributed by atoms with Gasteiger partial charge in [-0.15, -0.1) is 0 Å². The lowest BCUT2D eigenvalue weighted by Gasteiger charge is -2.36. The van der Waals surface area contributed by atoms with Crippen LogP contribution < -0.4 is 0 Å². The van der Waals surface area contributed by atoms with Gasteiger partial charge in [-0.3, -0.25) is 4.90 Å². The number of hydrogen-bond donors (Lipinski definition) is 0. The van der Waals surface area contributed by atoms with Crippen molar-refractivity contribution in [2.45, 2.75) is 45.3 Å². The Labute approximate surface area is 110 Å². The van der Waals surface area contributed by atoms with Gasteiger partial charge in [0.05, 0.1) is 5.54 Å². The van der Waals surface area contributed by atoms with E-state index in [1.807, 2.05) is 19.0 Å². The first-order chi connectivity index (χ1) is 8.02. The highest BCUT2D eigenvalue weighted by Gasteiger charge is 2.34. The molecule has 0 saturated carbocycles. The molecule has 0 bridgehead atoms. The molecule has 0 heterocycles. The van der Waals surface area contributed by atoms with Gasteiger partial charge in [0.25, 0.3) is 0 Å². The first kappa shape index (κ1) is 16.9. The summed E-state index contributed by atoms with van der Waals surface area (Å²) < 4.78 is 5.27. The van der Waals surface area contributed by atoms with Gasteiger partial charge in [-0.2, -0.15) is 0 Å². The van der Waals surface area contributed by atoms with Crippen molar-refractivity contribution in [2.75, 3.05) is 27.7 Å². The summed E-state index contributed by atoms with van der Waals surface area (Å²) in [6, 6.07) is 0. The van der Waals surface area contributed by atoms with E-state index in [1.54, 1.807) is 34.7 Å².